The molecule has 0 aliphatic carbocycles. The molecular weight excluding hydrogens is 280 g/mol. The SMILES string of the molecule is C/C=C/CCNS(=O)(=O)c1cc(N)ccc1C(=O)OC. The topological polar surface area (TPSA) is 98.5 Å². The lowest BCUT2D eigenvalue weighted by atomic mass is 10.2. The lowest BCUT2D eigenvalue weighted by molar-refractivity contribution is 0.0596. The first-order chi connectivity index (χ1) is 9.42. The Morgan fingerprint density at radius 3 is 2.75 bits per heavy atom. The second-order valence-corrected chi connectivity index (χ2v) is 5.74. The molecule has 0 aliphatic rings. The van der Waals surface area contributed by atoms with Gasteiger partial charge in [0, 0.05) is 12.2 Å². The van der Waals surface area contributed by atoms with Gasteiger partial charge >= 0.3 is 5.97 Å². The Morgan fingerprint density at radius 1 is 1.45 bits per heavy atom. The standard InChI is InChI=1S/C13H18N2O4S/c1-3-4-5-8-15-20(17,18)12-9-10(14)6-7-11(12)13(16)19-2/h3-4,6-7,9,15H,5,8,14H2,1-2H3/b4-3+. The zero-order valence-electron chi connectivity index (χ0n) is 11.4. The van der Waals surface area contributed by atoms with Crippen molar-refractivity contribution in [3.05, 3.63) is 35.9 Å². The number of nitrogens with two attached hydrogens (primary N) is 1. The molecule has 20 heavy (non-hydrogen) atoms. The molecule has 0 heterocycles. The van der Waals surface area contributed by atoms with E-state index in [4.69, 9.17) is 5.73 Å². The van der Waals surface area contributed by atoms with E-state index in [9.17, 15) is 13.2 Å². The summed E-state index contributed by atoms with van der Waals surface area (Å²) >= 11 is 0. The molecule has 6 nitrogen and oxygen atoms in total. The number of ether oxygens (including phenoxy) is 1. The van der Waals surface area contributed by atoms with Crippen LogP contribution in [0.3, 0.4) is 0 Å². The van der Waals surface area contributed by atoms with Gasteiger partial charge in [0.15, 0.2) is 0 Å². The molecule has 0 spiro atoms. The van der Waals surface area contributed by atoms with Gasteiger partial charge in [0.2, 0.25) is 10.0 Å². The Balaban J connectivity index is 3.09. The van der Waals surface area contributed by atoms with Crippen LogP contribution in [-0.2, 0) is 14.8 Å². The maximum Gasteiger partial charge on any atom is 0.339 e. The summed E-state index contributed by atoms with van der Waals surface area (Å²) in [6, 6.07) is 4.02. The Bertz CT molecular complexity index is 609. The van der Waals surface area contributed by atoms with E-state index >= 15 is 0 Å². The molecule has 0 aromatic heterocycles. The maximum atomic E-state index is 12.2. The van der Waals surface area contributed by atoms with Crippen molar-refractivity contribution in [2.75, 3.05) is 19.4 Å². The summed E-state index contributed by atoms with van der Waals surface area (Å²) < 4.78 is 31.4. The van der Waals surface area contributed by atoms with Crippen molar-refractivity contribution in [2.24, 2.45) is 0 Å². The van der Waals surface area contributed by atoms with Crippen LogP contribution in [0.1, 0.15) is 23.7 Å². The second kappa shape index (κ2) is 7.06. The predicted octanol–water partition coefficient (Wildman–Crippen LogP) is 1.30. The molecule has 0 fully saturated rings. The highest BCUT2D eigenvalue weighted by molar-refractivity contribution is 7.89. The molecule has 0 amide bonds. The van der Waals surface area contributed by atoms with Gasteiger partial charge in [-0.3, -0.25) is 0 Å². The highest BCUT2D eigenvalue weighted by atomic mass is 32.2. The van der Waals surface area contributed by atoms with Crippen LogP contribution in [-0.4, -0.2) is 28.0 Å². The fourth-order valence-electron chi connectivity index (χ4n) is 1.56. The van der Waals surface area contributed by atoms with Crippen LogP contribution in [0.25, 0.3) is 0 Å². The van der Waals surface area contributed by atoms with E-state index in [1.54, 1.807) is 0 Å². The van der Waals surface area contributed by atoms with E-state index in [2.05, 4.69) is 9.46 Å². The lowest BCUT2D eigenvalue weighted by Gasteiger charge is -2.10. The smallest absolute Gasteiger partial charge is 0.339 e. The number of nitrogen functional groups attached to an aromatic ring is 1. The number of rotatable bonds is 6. The van der Waals surface area contributed by atoms with Gasteiger partial charge in [0.05, 0.1) is 17.6 Å². The van der Waals surface area contributed by atoms with Gasteiger partial charge in [-0.1, -0.05) is 12.2 Å². The minimum Gasteiger partial charge on any atom is -0.465 e. The number of hydrogen-bond donors (Lipinski definition) is 2. The van der Waals surface area contributed by atoms with Crippen molar-refractivity contribution in [2.45, 2.75) is 18.2 Å². The Morgan fingerprint density at radius 2 is 2.15 bits per heavy atom. The van der Waals surface area contributed by atoms with Gasteiger partial charge in [-0.15, -0.1) is 0 Å². The molecule has 7 heteroatoms. The number of anilines is 1. The highest BCUT2D eigenvalue weighted by Crippen LogP contribution is 2.20. The summed E-state index contributed by atoms with van der Waals surface area (Å²) in [6.07, 6.45) is 4.23. The molecule has 3 N–H and O–H groups in total. The summed E-state index contributed by atoms with van der Waals surface area (Å²) in [5.41, 5.74) is 5.80. The Labute approximate surface area is 118 Å². The molecule has 0 saturated carbocycles. The number of methoxy groups -OCH3 is 1. The zero-order chi connectivity index (χ0) is 15.2. The Kier molecular flexibility index (Phi) is 5.72. The normalized spacial score (nSPS) is 11.7. The number of esters is 1. The number of allylic oxidation sites excluding steroid dienone is 1. The fourth-order valence-corrected chi connectivity index (χ4v) is 2.84. The third kappa shape index (κ3) is 4.07. The quantitative estimate of drug-likeness (QED) is 0.357. The second-order valence-electron chi connectivity index (χ2n) is 4.00. The molecule has 0 atom stereocenters. The number of hydrogen-bond acceptors (Lipinski definition) is 5. The zero-order valence-corrected chi connectivity index (χ0v) is 12.2. The van der Waals surface area contributed by atoms with Gasteiger partial charge in [-0.25, -0.2) is 17.9 Å². The van der Waals surface area contributed by atoms with Gasteiger partial charge in [-0.2, -0.15) is 0 Å². The average Bonchev–Trinajstić information content (AvgIpc) is 2.42. The van der Waals surface area contributed by atoms with Crippen LogP contribution in [0.2, 0.25) is 0 Å². The van der Waals surface area contributed by atoms with Gasteiger partial charge in [0.25, 0.3) is 0 Å². The van der Waals surface area contributed by atoms with Crippen molar-refractivity contribution in [1.29, 1.82) is 0 Å². The van der Waals surface area contributed by atoms with Crippen LogP contribution >= 0.6 is 0 Å². The van der Waals surface area contributed by atoms with Crippen LogP contribution < -0.4 is 10.5 Å². The molecule has 0 saturated heterocycles. The predicted molar refractivity (Wildman–Crippen MR) is 76.8 cm³/mol. The molecule has 0 aliphatic heterocycles. The van der Waals surface area contributed by atoms with Crippen molar-refractivity contribution >= 4 is 21.7 Å². The minimum atomic E-state index is -3.81. The summed E-state index contributed by atoms with van der Waals surface area (Å²) in [4.78, 5) is 11.4. The number of nitrogens with one attached hydrogen (secondary N) is 1. The van der Waals surface area contributed by atoms with E-state index in [0.29, 0.717) is 6.42 Å². The third-order valence-corrected chi connectivity index (χ3v) is 4.04. The first-order valence-corrected chi connectivity index (χ1v) is 7.49. The molecule has 0 bridgehead atoms. The fraction of sp³-hybridized carbons (Fsp3) is 0.308. The third-order valence-electron chi connectivity index (χ3n) is 2.54. The number of sulfonamides is 1. The van der Waals surface area contributed by atoms with Gasteiger partial charge in [-0.05, 0) is 31.5 Å². The van der Waals surface area contributed by atoms with E-state index < -0.39 is 16.0 Å². The molecular formula is C13H18N2O4S. The van der Waals surface area contributed by atoms with E-state index in [1.165, 1.54) is 25.3 Å². The first-order valence-electron chi connectivity index (χ1n) is 6.01. The van der Waals surface area contributed by atoms with E-state index in [-0.39, 0.29) is 22.7 Å². The van der Waals surface area contributed by atoms with Crippen molar-refractivity contribution in [3.8, 4) is 0 Å². The first kappa shape index (κ1) is 16.2. The monoisotopic (exact) mass is 298 g/mol. The molecule has 1 aromatic rings. The van der Waals surface area contributed by atoms with Gasteiger partial charge < -0.3 is 10.5 Å². The number of carbonyl (C=O) groups is 1. The molecule has 1 aromatic carbocycles. The van der Waals surface area contributed by atoms with Crippen LogP contribution in [0.5, 0.6) is 0 Å². The summed E-state index contributed by atoms with van der Waals surface area (Å²) in [6.45, 7) is 2.09. The summed E-state index contributed by atoms with van der Waals surface area (Å²) in [7, 11) is -2.62. The summed E-state index contributed by atoms with van der Waals surface area (Å²) in [5, 5.41) is 0. The molecule has 0 radical (unpaired) electrons. The van der Waals surface area contributed by atoms with Crippen molar-refractivity contribution in [3.63, 3.8) is 0 Å². The highest BCUT2D eigenvalue weighted by Gasteiger charge is 2.22. The van der Waals surface area contributed by atoms with Crippen LogP contribution in [0, 0.1) is 0 Å². The van der Waals surface area contributed by atoms with Gasteiger partial charge in [0.1, 0.15) is 0 Å². The van der Waals surface area contributed by atoms with Crippen molar-refractivity contribution < 1.29 is 17.9 Å². The number of benzene rings is 1. The average molecular weight is 298 g/mol. The maximum absolute atomic E-state index is 12.2. The summed E-state index contributed by atoms with van der Waals surface area (Å²) in [5.74, 6) is -0.723. The molecule has 1 rings (SSSR count). The molecule has 110 valence electrons. The van der Waals surface area contributed by atoms with E-state index in [1.807, 2.05) is 19.1 Å². The van der Waals surface area contributed by atoms with Crippen LogP contribution in [0.15, 0.2) is 35.2 Å². The van der Waals surface area contributed by atoms with Crippen LogP contribution in [0.4, 0.5) is 5.69 Å². The Hall–Kier alpha value is -1.86. The van der Waals surface area contributed by atoms with Crippen molar-refractivity contribution in [1.82, 2.24) is 4.72 Å². The van der Waals surface area contributed by atoms with E-state index in [0.717, 1.165) is 0 Å². The lowest BCUT2D eigenvalue weighted by Crippen LogP contribution is -2.26. The largest absolute Gasteiger partial charge is 0.465 e. The molecule has 0 unspecified atom stereocenters. The minimum absolute atomic E-state index is 0.0415. The number of carbonyl (C=O) groups excluding carboxylic acids is 1.